The van der Waals surface area contributed by atoms with E-state index in [1.165, 1.54) is 0 Å². The zero-order valence-electron chi connectivity index (χ0n) is 9.38. The van der Waals surface area contributed by atoms with E-state index in [9.17, 15) is 18.0 Å². The molecule has 0 heterocycles. The summed E-state index contributed by atoms with van der Waals surface area (Å²) >= 11 is 5.52. The first-order valence-electron chi connectivity index (χ1n) is 4.86. The van der Waals surface area contributed by atoms with Crippen LogP contribution in [0.2, 0.25) is 0 Å². The van der Waals surface area contributed by atoms with Gasteiger partial charge in [0.1, 0.15) is 11.6 Å². The Morgan fingerprint density at radius 3 is 2.50 bits per heavy atom. The van der Waals surface area contributed by atoms with Crippen LogP contribution in [0.3, 0.4) is 0 Å². The van der Waals surface area contributed by atoms with E-state index in [0.717, 1.165) is 19.2 Å². The van der Waals surface area contributed by atoms with Gasteiger partial charge in [-0.25, -0.2) is 4.39 Å². The maximum atomic E-state index is 13.2. The van der Waals surface area contributed by atoms with Gasteiger partial charge in [0.15, 0.2) is 0 Å². The lowest BCUT2D eigenvalue weighted by Gasteiger charge is -2.14. The first kappa shape index (κ1) is 14.6. The average Bonchev–Trinajstić information content (AvgIpc) is 2.31. The van der Waals surface area contributed by atoms with Gasteiger partial charge in [0.05, 0.1) is 19.4 Å². The highest BCUT2D eigenvalue weighted by molar-refractivity contribution is 6.17. The number of ether oxygens (including phenoxy) is 2. The number of esters is 1. The number of carbonyl (C=O) groups is 1. The Morgan fingerprint density at radius 1 is 1.39 bits per heavy atom. The first-order chi connectivity index (χ1) is 8.47. The maximum Gasteiger partial charge on any atom is 0.387 e. The van der Waals surface area contributed by atoms with Crippen LogP contribution in [-0.2, 0) is 21.8 Å². The van der Waals surface area contributed by atoms with Gasteiger partial charge in [-0.3, -0.25) is 4.79 Å². The van der Waals surface area contributed by atoms with Crippen LogP contribution in [0.15, 0.2) is 12.1 Å². The standard InChI is InChI=1S/C11H10ClF3O3/c1-17-9(16)4-6-2-8(13)3-7(5-12)10(6)18-11(14)15/h2-3,11H,4-5H2,1H3. The number of carbonyl (C=O) groups excluding carboxylic acids is 1. The predicted octanol–water partition coefficient (Wildman–Crippen LogP) is 2.88. The molecule has 0 saturated heterocycles. The molecular weight excluding hydrogens is 273 g/mol. The Bertz CT molecular complexity index is 438. The normalized spacial score (nSPS) is 10.6. The molecule has 3 nitrogen and oxygen atoms in total. The van der Waals surface area contributed by atoms with Crippen molar-refractivity contribution in [2.24, 2.45) is 0 Å². The number of hydrogen-bond acceptors (Lipinski definition) is 3. The Balaban J connectivity index is 3.18. The fourth-order valence-electron chi connectivity index (χ4n) is 1.41. The fraction of sp³-hybridized carbons (Fsp3) is 0.364. The van der Waals surface area contributed by atoms with E-state index in [1.54, 1.807) is 0 Å². The molecule has 0 aliphatic rings. The molecule has 100 valence electrons. The minimum atomic E-state index is -3.09. The third-order valence-corrected chi connectivity index (χ3v) is 2.41. The summed E-state index contributed by atoms with van der Waals surface area (Å²) < 4.78 is 46.4. The Labute approximate surface area is 106 Å². The highest BCUT2D eigenvalue weighted by Gasteiger charge is 2.18. The number of alkyl halides is 3. The van der Waals surface area contributed by atoms with Crippen molar-refractivity contribution in [2.75, 3.05) is 7.11 Å². The molecule has 0 spiro atoms. The molecule has 0 aliphatic heterocycles. The monoisotopic (exact) mass is 282 g/mol. The summed E-state index contributed by atoms with van der Waals surface area (Å²) in [4.78, 5) is 11.1. The molecular formula is C11H10ClF3O3. The first-order valence-corrected chi connectivity index (χ1v) is 5.40. The zero-order valence-corrected chi connectivity index (χ0v) is 10.1. The second-order valence-corrected chi connectivity index (χ2v) is 3.59. The largest absolute Gasteiger partial charge is 0.469 e. The van der Waals surface area contributed by atoms with E-state index in [-0.39, 0.29) is 29.2 Å². The maximum absolute atomic E-state index is 13.2. The van der Waals surface area contributed by atoms with E-state index in [0.29, 0.717) is 0 Å². The van der Waals surface area contributed by atoms with E-state index in [1.807, 2.05) is 0 Å². The van der Waals surface area contributed by atoms with E-state index >= 15 is 0 Å². The van der Waals surface area contributed by atoms with Gasteiger partial charge in [-0.05, 0) is 12.1 Å². The van der Waals surface area contributed by atoms with Crippen LogP contribution < -0.4 is 4.74 Å². The number of halogens is 4. The molecule has 0 bridgehead atoms. The minimum absolute atomic E-state index is 0.0298. The summed E-state index contributed by atoms with van der Waals surface area (Å²) in [5.74, 6) is -1.88. The van der Waals surface area contributed by atoms with Crippen molar-refractivity contribution in [3.8, 4) is 5.75 Å². The third kappa shape index (κ3) is 3.80. The topological polar surface area (TPSA) is 35.5 Å². The van der Waals surface area contributed by atoms with Crippen molar-refractivity contribution in [3.05, 3.63) is 29.1 Å². The van der Waals surface area contributed by atoms with E-state index < -0.39 is 18.4 Å². The van der Waals surface area contributed by atoms with Crippen LogP contribution in [0, 0.1) is 5.82 Å². The van der Waals surface area contributed by atoms with Crippen molar-refractivity contribution >= 4 is 17.6 Å². The molecule has 1 aromatic carbocycles. The highest BCUT2D eigenvalue weighted by Crippen LogP contribution is 2.29. The van der Waals surface area contributed by atoms with Gasteiger partial charge in [-0.15, -0.1) is 11.6 Å². The zero-order chi connectivity index (χ0) is 13.7. The summed E-state index contributed by atoms with van der Waals surface area (Å²) in [5.41, 5.74) is 0.0219. The molecule has 0 saturated carbocycles. The van der Waals surface area contributed by atoms with Gasteiger partial charge in [0, 0.05) is 11.1 Å². The van der Waals surface area contributed by atoms with Crippen LogP contribution in [0.4, 0.5) is 13.2 Å². The molecule has 0 fully saturated rings. The summed E-state index contributed by atoms with van der Waals surface area (Å²) in [5, 5.41) is 0. The summed E-state index contributed by atoms with van der Waals surface area (Å²) in [6.07, 6.45) is -0.375. The quantitative estimate of drug-likeness (QED) is 0.615. The molecule has 1 rings (SSSR count). The number of hydrogen-bond donors (Lipinski definition) is 0. The van der Waals surface area contributed by atoms with Gasteiger partial charge in [0.2, 0.25) is 0 Å². The summed E-state index contributed by atoms with van der Waals surface area (Å²) in [6.45, 7) is -3.09. The van der Waals surface area contributed by atoms with Gasteiger partial charge in [-0.2, -0.15) is 8.78 Å². The highest BCUT2D eigenvalue weighted by atomic mass is 35.5. The van der Waals surface area contributed by atoms with E-state index in [4.69, 9.17) is 11.6 Å². The minimum Gasteiger partial charge on any atom is -0.469 e. The van der Waals surface area contributed by atoms with Crippen molar-refractivity contribution in [2.45, 2.75) is 18.9 Å². The Morgan fingerprint density at radius 2 is 2.00 bits per heavy atom. The Kier molecular flexibility index (Phi) is 5.27. The number of methoxy groups -OCH3 is 1. The van der Waals surface area contributed by atoms with Crippen molar-refractivity contribution in [1.82, 2.24) is 0 Å². The average molecular weight is 283 g/mol. The molecule has 0 atom stereocenters. The van der Waals surface area contributed by atoms with Crippen molar-refractivity contribution in [1.29, 1.82) is 0 Å². The molecule has 0 unspecified atom stereocenters. The Hall–Kier alpha value is -1.43. The second kappa shape index (κ2) is 6.49. The van der Waals surface area contributed by atoms with Crippen LogP contribution >= 0.6 is 11.6 Å². The smallest absolute Gasteiger partial charge is 0.387 e. The molecule has 0 radical (unpaired) electrons. The van der Waals surface area contributed by atoms with Gasteiger partial charge >= 0.3 is 12.6 Å². The van der Waals surface area contributed by atoms with Gasteiger partial charge in [-0.1, -0.05) is 0 Å². The molecule has 18 heavy (non-hydrogen) atoms. The van der Waals surface area contributed by atoms with Crippen LogP contribution in [-0.4, -0.2) is 19.7 Å². The SMILES string of the molecule is COC(=O)Cc1cc(F)cc(CCl)c1OC(F)F. The molecule has 0 aliphatic carbocycles. The molecule has 7 heteroatoms. The number of rotatable bonds is 5. The van der Waals surface area contributed by atoms with Crippen LogP contribution in [0.25, 0.3) is 0 Å². The second-order valence-electron chi connectivity index (χ2n) is 3.32. The molecule has 1 aromatic rings. The van der Waals surface area contributed by atoms with Crippen LogP contribution in [0.1, 0.15) is 11.1 Å². The van der Waals surface area contributed by atoms with E-state index in [2.05, 4.69) is 9.47 Å². The molecule has 0 aromatic heterocycles. The fourth-order valence-corrected chi connectivity index (χ4v) is 1.61. The lowest BCUT2D eigenvalue weighted by atomic mass is 10.1. The third-order valence-electron chi connectivity index (χ3n) is 2.12. The molecule has 0 N–H and O–H groups in total. The predicted molar refractivity (Wildman–Crippen MR) is 58.3 cm³/mol. The number of benzene rings is 1. The van der Waals surface area contributed by atoms with Crippen molar-refractivity contribution < 1.29 is 27.4 Å². The summed E-state index contributed by atoms with van der Waals surface area (Å²) in [6, 6.07) is 1.91. The summed E-state index contributed by atoms with van der Waals surface area (Å²) in [7, 11) is 1.14. The van der Waals surface area contributed by atoms with Gasteiger partial charge < -0.3 is 9.47 Å². The van der Waals surface area contributed by atoms with Crippen LogP contribution in [0.5, 0.6) is 5.75 Å². The lowest BCUT2D eigenvalue weighted by Crippen LogP contribution is -2.11. The van der Waals surface area contributed by atoms with Gasteiger partial charge in [0.25, 0.3) is 0 Å². The van der Waals surface area contributed by atoms with Crippen molar-refractivity contribution in [3.63, 3.8) is 0 Å². The molecule has 0 amide bonds. The lowest BCUT2D eigenvalue weighted by molar-refractivity contribution is -0.139.